The molecule has 3 rings (SSSR count). The van der Waals surface area contributed by atoms with Crippen LogP contribution in [-0.4, -0.2) is 18.2 Å². The van der Waals surface area contributed by atoms with Gasteiger partial charge in [-0.2, -0.15) is 0 Å². The molecular weight excluding hydrogens is 236 g/mol. The summed E-state index contributed by atoms with van der Waals surface area (Å²) >= 11 is 0. The third kappa shape index (κ3) is 2.12. The van der Waals surface area contributed by atoms with Crippen molar-refractivity contribution in [2.75, 3.05) is 13.7 Å². The molecular formula is C16H22N2O. The van der Waals surface area contributed by atoms with Crippen LogP contribution >= 0.6 is 0 Å². The summed E-state index contributed by atoms with van der Waals surface area (Å²) in [6, 6.07) is 7.06. The largest absolute Gasteiger partial charge is 0.497 e. The quantitative estimate of drug-likeness (QED) is 0.894. The van der Waals surface area contributed by atoms with Crippen molar-refractivity contribution in [3.8, 4) is 5.75 Å². The first-order chi connectivity index (χ1) is 9.20. The zero-order valence-corrected chi connectivity index (χ0v) is 12.0. The maximum absolute atomic E-state index is 5.37. The highest BCUT2D eigenvalue weighted by Gasteiger charge is 2.19. The smallest absolute Gasteiger partial charge is 0.119 e. The lowest BCUT2D eigenvalue weighted by Crippen LogP contribution is -2.28. The van der Waals surface area contributed by atoms with E-state index < -0.39 is 0 Å². The molecule has 3 heteroatoms. The topological polar surface area (TPSA) is 26.2 Å². The number of benzene rings is 1. The highest BCUT2D eigenvalue weighted by atomic mass is 16.5. The fourth-order valence-electron chi connectivity index (χ4n) is 3.28. The van der Waals surface area contributed by atoms with Gasteiger partial charge in [0.15, 0.2) is 0 Å². The number of aryl methyl sites for hydroxylation is 2. The molecule has 1 aliphatic heterocycles. The van der Waals surface area contributed by atoms with Gasteiger partial charge in [-0.05, 0) is 50.1 Å². The average Bonchev–Trinajstić information content (AvgIpc) is 2.77. The predicted octanol–water partition coefficient (Wildman–Crippen LogP) is 3.31. The van der Waals surface area contributed by atoms with Crippen LogP contribution in [0.3, 0.4) is 0 Å². The number of nitrogens with zero attached hydrogens (tertiary/aromatic N) is 1. The monoisotopic (exact) mass is 258 g/mol. The Morgan fingerprint density at radius 1 is 1.26 bits per heavy atom. The van der Waals surface area contributed by atoms with Crippen molar-refractivity contribution < 1.29 is 4.74 Å². The molecule has 2 heterocycles. The van der Waals surface area contributed by atoms with Crippen LogP contribution in [0.4, 0.5) is 0 Å². The molecule has 1 fully saturated rings. The van der Waals surface area contributed by atoms with Crippen LogP contribution in [0, 0.1) is 6.92 Å². The summed E-state index contributed by atoms with van der Waals surface area (Å²) in [5, 5.41) is 4.91. The molecule has 0 amide bonds. The summed E-state index contributed by atoms with van der Waals surface area (Å²) in [7, 11) is 3.90. The highest BCUT2D eigenvalue weighted by Crippen LogP contribution is 2.32. The van der Waals surface area contributed by atoms with Crippen LogP contribution < -0.4 is 10.1 Å². The molecule has 1 atom stereocenters. The molecule has 0 radical (unpaired) electrons. The molecule has 1 aliphatic rings. The Morgan fingerprint density at radius 2 is 2.11 bits per heavy atom. The fraction of sp³-hybridized carbons (Fsp3) is 0.500. The Hall–Kier alpha value is -1.48. The minimum absolute atomic E-state index is 0.497. The Morgan fingerprint density at radius 3 is 2.79 bits per heavy atom. The molecule has 0 aliphatic carbocycles. The summed E-state index contributed by atoms with van der Waals surface area (Å²) in [5.41, 5.74) is 3.99. The second-order valence-corrected chi connectivity index (χ2v) is 5.51. The molecule has 3 nitrogen and oxygen atoms in total. The first kappa shape index (κ1) is 12.5. The Bertz CT molecular complexity index is 594. The van der Waals surface area contributed by atoms with Crippen molar-refractivity contribution in [3.05, 3.63) is 29.5 Å². The number of fused-ring (bicyclic) bond motifs is 1. The SMILES string of the molecule is COc1cc(C)c2c(c1)cc(C1CCCCN1)n2C. The lowest BCUT2D eigenvalue weighted by molar-refractivity contribution is 0.399. The summed E-state index contributed by atoms with van der Waals surface area (Å²) in [6.45, 7) is 3.29. The minimum atomic E-state index is 0.497. The molecule has 0 spiro atoms. The van der Waals surface area contributed by atoms with Gasteiger partial charge in [-0.25, -0.2) is 0 Å². The second kappa shape index (κ2) is 4.89. The number of rotatable bonds is 2. The van der Waals surface area contributed by atoms with E-state index in [0.29, 0.717) is 6.04 Å². The van der Waals surface area contributed by atoms with Crippen LogP contribution in [0.25, 0.3) is 10.9 Å². The van der Waals surface area contributed by atoms with E-state index in [-0.39, 0.29) is 0 Å². The molecule has 1 unspecified atom stereocenters. The van der Waals surface area contributed by atoms with E-state index in [2.05, 4.69) is 42.1 Å². The first-order valence-electron chi connectivity index (χ1n) is 7.08. The van der Waals surface area contributed by atoms with Gasteiger partial charge in [0.05, 0.1) is 12.6 Å². The first-order valence-corrected chi connectivity index (χ1v) is 7.08. The van der Waals surface area contributed by atoms with Gasteiger partial charge in [-0.1, -0.05) is 6.42 Å². The minimum Gasteiger partial charge on any atom is -0.497 e. The number of methoxy groups -OCH3 is 1. The number of hydrogen-bond donors (Lipinski definition) is 1. The van der Waals surface area contributed by atoms with Crippen molar-refractivity contribution in [2.24, 2.45) is 7.05 Å². The van der Waals surface area contributed by atoms with Gasteiger partial charge in [0, 0.05) is 24.2 Å². The standard InChI is InChI=1S/C16H22N2O/c1-11-8-13(19-3)9-12-10-15(18(2)16(11)12)14-6-4-5-7-17-14/h8-10,14,17H,4-7H2,1-3H3. The highest BCUT2D eigenvalue weighted by molar-refractivity contribution is 5.86. The number of aromatic nitrogens is 1. The summed E-state index contributed by atoms with van der Waals surface area (Å²) in [4.78, 5) is 0. The third-order valence-corrected chi connectivity index (χ3v) is 4.23. The average molecular weight is 258 g/mol. The van der Waals surface area contributed by atoms with Crippen molar-refractivity contribution in [1.82, 2.24) is 9.88 Å². The van der Waals surface area contributed by atoms with Crippen LogP contribution in [0.5, 0.6) is 5.75 Å². The Labute approximate surface area is 114 Å². The maximum atomic E-state index is 5.37. The van der Waals surface area contributed by atoms with Crippen LogP contribution in [0.2, 0.25) is 0 Å². The van der Waals surface area contributed by atoms with E-state index >= 15 is 0 Å². The summed E-state index contributed by atoms with van der Waals surface area (Å²) in [6.07, 6.45) is 3.86. The number of hydrogen-bond acceptors (Lipinski definition) is 2. The Balaban J connectivity index is 2.11. The van der Waals surface area contributed by atoms with Gasteiger partial charge in [0.2, 0.25) is 0 Å². The molecule has 1 aromatic carbocycles. The predicted molar refractivity (Wildman–Crippen MR) is 78.8 cm³/mol. The summed E-state index contributed by atoms with van der Waals surface area (Å²) < 4.78 is 7.71. The van der Waals surface area contributed by atoms with Crippen LogP contribution in [0.1, 0.15) is 36.6 Å². The lowest BCUT2D eigenvalue weighted by Gasteiger charge is -2.24. The van der Waals surface area contributed by atoms with Crippen molar-refractivity contribution in [1.29, 1.82) is 0 Å². The van der Waals surface area contributed by atoms with Gasteiger partial charge >= 0.3 is 0 Å². The van der Waals surface area contributed by atoms with Crippen LogP contribution in [-0.2, 0) is 7.05 Å². The molecule has 102 valence electrons. The molecule has 2 aromatic rings. The van der Waals surface area contributed by atoms with Gasteiger partial charge in [-0.3, -0.25) is 0 Å². The zero-order chi connectivity index (χ0) is 13.4. The molecule has 19 heavy (non-hydrogen) atoms. The molecule has 1 N–H and O–H groups in total. The number of ether oxygens (including phenoxy) is 1. The third-order valence-electron chi connectivity index (χ3n) is 4.23. The number of nitrogens with one attached hydrogen (secondary N) is 1. The lowest BCUT2D eigenvalue weighted by atomic mass is 10.0. The van der Waals surface area contributed by atoms with Crippen molar-refractivity contribution >= 4 is 10.9 Å². The Kier molecular flexibility index (Phi) is 3.23. The fourth-order valence-corrected chi connectivity index (χ4v) is 3.28. The van der Waals surface area contributed by atoms with E-state index in [1.807, 2.05) is 0 Å². The van der Waals surface area contributed by atoms with Crippen molar-refractivity contribution in [2.45, 2.75) is 32.2 Å². The van der Waals surface area contributed by atoms with E-state index in [1.54, 1.807) is 7.11 Å². The molecule has 0 saturated carbocycles. The zero-order valence-electron chi connectivity index (χ0n) is 12.0. The maximum Gasteiger partial charge on any atom is 0.119 e. The molecule has 1 saturated heterocycles. The van der Waals surface area contributed by atoms with Gasteiger partial charge < -0.3 is 14.6 Å². The van der Waals surface area contributed by atoms with Crippen molar-refractivity contribution in [3.63, 3.8) is 0 Å². The summed E-state index contributed by atoms with van der Waals surface area (Å²) in [5.74, 6) is 0.943. The normalized spacial score (nSPS) is 19.8. The van der Waals surface area contributed by atoms with E-state index in [9.17, 15) is 0 Å². The van der Waals surface area contributed by atoms with E-state index in [4.69, 9.17) is 4.74 Å². The molecule has 1 aromatic heterocycles. The van der Waals surface area contributed by atoms with Gasteiger partial charge in [0.1, 0.15) is 5.75 Å². The number of piperidine rings is 1. The molecule has 0 bridgehead atoms. The second-order valence-electron chi connectivity index (χ2n) is 5.51. The van der Waals surface area contributed by atoms with Crippen LogP contribution in [0.15, 0.2) is 18.2 Å². The van der Waals surface area contributed by atoms with E-state index in [0.717, 1.165) is 12.3 Å². The van der Waals surface area contributed by atoms with E-state index in [1.165, 1.54) is 41.4 Å². The van der Waals surface area contributed by atoms with Gasteiger partial charge in [0.25, 0.3) is 0 Å². The van der Waals surface area contributed by atoms with Gasteiger partial charge in [-0.15, -0.1) is 0 Å².